The van der Waals surface area contributed by atoms with E-state index in [2.05, 4.69) is 5.32 Å². The van der Waals surface area contributed by atoms with Gasteiger partial charge in [0.25, 0.3) is 0 Å². The van der Waals surface area contributed by atoms with Crippen LogP contribution in [-0.2, 0) is 10.8 Å². The van der Waals surface area contributed by atoms with Crippen LogP contribution >= 0.6 is 0 Å². The van der Waals surface area contributed by atoms with Gasteiger partial charge < -0.3 is 10.4 Å². The number of hydrogen-bond acceptors (Lipinski definition) is 3. The van der Waals surface area contributed by atoms with Gasteiger partial charge in [-0.2, -0.15) is 0 Å². The third kappa shape index (κ3) is 10.4. The molecular formula is C11H25NO2S. The third-order valence-corrected chi connectivity index (χ3v) is 3.92. The second-order valence-electron chi connectivity index (χ2n) is 3.99. The fourth-order valence-corrected chi connectivity index (χ4v) is 1.76. The molecule has 0 aromatic carbocycles. The van der Waals surface area contributed by atoms with Crippen molar-refractivity contribution in [2.24, 2.45) is 0 Å². The lowest BCUT2D eigenvalue weighted by molar-refractivity contribution is 0.282. The summed E-state index contributed by atoms with van der Waals surface area (Å²) in [6, 6.07) is 0. The van der Waals surface area contributed by atoms with Crippen molar-refractivity contribution in [1.29, 1.82) is 0 Å². The Morgan fingerprint density at radius 3 is 2.47 bits per heavy atom. The molecule has 0 rings (SSSR count). The van der Waals surface area contributed by atoms with Crippen LogP contribution in [-0.4, -0.2) is 40.5 Å². The van der Waals surface area contributed by atoms with Crippen LogP contribution in [0, 0.1) is 0 Å². The Morgan fingerprint density at radius 2 is 1.87 bits per heavy atom. The van der Waals surface area contributed by atoms with E-state index < -0.39 is 10.8 Å². The first-order chi connectivity index (χ1) is 7.18. The van der Waals surface area contributed by atoms with E-state index in [0.717, 1.165) is 32.4 Å². The Labute approximate surface area is 96.1 Å². The average Bonchev–Trinajstić information content (AvgIpc) is 2.21. The summed E-state index contributed by atoms with van der Waals surface area (Å²) in [5, 5.41) is 12.2. The molecule has 3 nitrogen and oxygen atoms in total. The molecule has 92 valence electrons. The maximum Gasteiger partial charge on any atom is 0.0431 e. The maximum absolute atomic E-state index is 11.0. The predicted octanol–water partition coefficient (Wildman–Crippen LogP) is 1.29. The van der Waals surface area contributed by atoms with Crippen LogP contribution in [0.4, 0.5) is 0 Å². The van der Waals surface area contributed by atoms with Crippen LogP contribution in [0.2, 0.25) is 0 Å². The second-order valence-corrected chi connectivity index (χ2v) is 5.79. The topological polar surface area (TPSA) is 49.3 Å². The minimum absolute atomic E-state index is 0.298. The zero-order valence-corrected chi connectivity index (χ0v) is 10.8. The molecule has 0 aromatic heterocycles. The van der Waals surface area contributed by atoms with E-state index in [0.29, 0.717) is 11.9 Å². The molecular weight excluding hydrogens is 210 g/mol. The van der Waals surface area contributed by atoms with Crippen LogP contribution < -0.4 is 5.32 Å². The molecule has 0 aliphatic carbocycles. The van der Waals surface area contributed by atoms with Gasteiger partial charge in [0.05, 0.1) is 0 Å². The molecule has 0 aliphatic heterocycles. The summed E-state index contributed by atoms with van der Waals surface area (Å²) in [4.78, 5) is 0. The largest absolute Gasteiger partial charge is 0.396 e. The summed E-state index contributed by atoms with van der Waals surface area (Å²) < 4.78 is 11.0. The number of unbranched alkanes of at least 4 members (excludes halogenated alkanes) is 3. The van der Waals surface area contributed by atoms with Gasteiger partial charge in [0.1, 0.15) is 0 Å². The molecule has 0 saturated heterocycles. The summed E-state index contributed by atoms with van der Waals surface area (Å²) in [6.45, 7) is 4.33. The smallest absolute Gasteiger partial charge is 0.0431 e. The molecule has 0 aliphatic rings. The zero-order valence-electron chi connectivity index (χ0n) is 10.00. The fourth-order valence-electron chi connectivity index (χ4n) is 1.31. The standard InChI is InChI=1S/C11H25NO2S/c1-11(15(2)14)7-9-12-8-5-3-4-6-10-13/h11-13H,3-10H2,1-2H3. The molecule has 0 bridgehead atoms. The van der Waals surface area contributed by atoms with Crippen LogP contribution in [0.15, 0.2) is 0 Å². The maximum atomic E-state index is 11.0. The SMILES string of the molecule is CC(CCNCCCCCCO)S(C)=O. The fraction of sp³-hybridized carbons (Fsp3) is 1.00. The predicted molar refractivity (Wildman–Crippen MR) is 66.6 cm³/mol. The highest BCUT2D eigenvalue weighted by Gasteiger charge is 2.04. The number of rotatable bonds is 10. The minimum atomic E-state index is -0.690. The van der Waals surface area contributed by atoms with Crippen molar-refractivity contribution < 1.29 is 9.32 Å². The first kappa shape index (κ1) is 15.1. The Bertz CT molecular complexity index is 165. The highest BCUT2D eigenvalue weighted by Crippen LogP contribution is 1.99. The molecule has 0 saturated carbocycles. The lowest BCUT2D eigenvalue weighted by Gasteiger charge is -2.08. The molecule has 2 atom stereocenters. The van der Waals surface area contributed by atoms with Crippen molar-refractivity contribution in [3.63, 3.8) is 0 Å². The van der Waals surface area contributed by atoms with Crippen molar-refractivity contribution in [3.8, 4) is 0 Å². The molecule has 0 amide bonds. The molecule has 0 spiro atoms. The lowest BCUT2D eigenvalue weighted by atomic mass is 10.2. The Hall–Kier alpha value is 0.0700. The summed E-state index contributed by atoms with van der Waals surface area (Å²) >= 11 is 0. The van der Waals surface area contributed by atoms with E-state index in [4.69, 9.17) is 5.11 Å². The van der Waals surface area contributed by atoms with Crippen molar-refractivity contribution in [2.45, 2.75) is 44.3 Å². The van der Waals surface area contributed by atoms with Crippen molar-refractivity contribution in [2.75, 3.05) is 26.0 Å². The van der Waals surface area contributed by atoms with Gasteiger partial charge in [0.15, 0.2) is 0 Å². The zero-order chi connectivity index (χ0) is 11.5. The van der Waals surface area contributed by atoms with Crippen molar-refractivity contribution in [3.05, 3.63) is 0 Å². The lowest BCUT2D eigenvalue weighted by Crippen LogP contribution is -2.22. The Kier molecular flexibility index (Phi) is 10.6. The minimum Gasteiger partial charge on any atom is -0.396 e. The summed E-state index contributed by atoms with van der Waals surface area (Å²) in [6.07, 6.45) is 7.14. The van der Waals surface area contributed by atoms with Gasteiger partial charge in [-0.1, -0.05) is 19.8 Å². The van der Waals surface area contributed by atoms with E-state index >= 15 is 0 Å². The van der Waals surface area contributed by atoms with Crippen LogP contribution in [0.1, 0.15) is 39.0 Å². The van der Waals surface area contributed by atoms with Gasteiger partial charge in [0, 0.05) is 28.9 Å². The van der Waals surface area contributed by atoms with E-state index in [1.54, 1.807) is 6.26 Å². The van der Waals surface area contributed by atoms with Crippen LogP contribution in [0.25, 0.3) is 0 Å². The molecule has 0 fully saturated rings. The molecule has 0 heterocycles. The van der Waals surface area contributed by atoms with E-state index in [9.17, 15) is 4.21 Å². The quantitative estimate of drug-likeness (QED) is 0.561. The average molecular weight is 235 g/mol. The summed E-state index contributed by atoms with van der Waals surface area (Å²) in [5.41, 5.74) is 0. The Morgan fingerprint density at radius 1 is 1.20 bits per heavy atom. The Balaban J connectivity index is 3.08. The van der Waals surface area contributed by atoms with E-state index in [1.807, 2.05) is 6.92 Å². The van der Waals surface area contributed by atoms with Gasteiger partial charge in [-0.3, -0.25) is 4.21 Å². The normalized spacial score (nSPS) is 15.1. The van der Waals surface area contributed by atoms with Gasteiger partial charge in [-0.15, -0.1) is 0 Å². The van der Waals surface area contributed by atoms with E-state index in [-0.39, 0.29) is 0 Å². The number of aliphatic hydroxyl groups is 1. The highest BCUT2D eigenvalue weighted by atomic mass is 32.2. The summed E-state index contributed by atoms with van der Waals surface area (Å²) in [7, 11) is -0.690. The number of hydrogen-bond donors (Lipinski definition) is 2. The second kappa shape index (κ2) is 10.6. The van der Waals surface area contributed by atoms with Crippen molar-refractivity contribution in [1.82, 2.24) is 5.32 Å². The monoisotopic (exact) mass is 235 g/mol. The molecule has 2 N–H and O–H groups in total. The van der Waals surface area contributed by atoms with Gasteiger partial charge in [-0.05, 0) is 32.4 Å². The molecule has 2 unspecified atom stereocenters. The number of aliphatic hydroxyl groups excluding tert-OH is 1. The number of nitrogens with one attached hydrogen (secondary N) is 1. The molecule has 4 heteroatoms. The van der Waals surface area contributed by atoms with Crippen LogP contribution in [0.3, 0.4) is 0 Å². The first-order valence-electron chi connectivity index (χ1n) is 5.82. The van der Waals surface area contributed by atoms with Gasteiger partial charge >= 0.3 is 0 Å². The van der Waals surface area contributed by atoms with E-state index in [1.165, 1.54) is 12.8 Å². The van der Waals surface area contributed by atoms with Crippen molar-refractivity contribution >= 4 is 10.8 Å². The van der Waals surface area contributed by atoms with Crippen LogP contribution in [0.5, 0.6) is 0 Å². The molecule has 0 radical (unpaired) electrons. The molecule has 0 aromatic rings. The summed E-state index contributed by atoms with van der Waals surface area (Å²) in [5.74, 6) is 0. The van der Waals surface area contributed by atoms with Gasteiger partial charge in [0.2, 0.25) is 0 Å². The van der Waals surface area contributed by atoms with Gasteiger partial charge in [-0.25, -0.2) is 0 Å². The highest BCUT2D eigenvalue weighted by molar-refractivity contribution is 7.84. The third-order valence-electron chi connectivity index (χ3n) is 2.56. The first-order valence-corrected chi connectivity index (χ1v) is 7.44. The molecule has 15 heavy (non-hydrogen) atoms.